The van der Waals surface area contributed by atoms with Crippen molar-refractivity contribution in [1.29, 1.82) is 0 Å². The third-order valence-electron chi connectivity index (χ3n) is 1.50. The molecule has 0 atom stereocenters. The van der Waals surface area contributed by atoms with E-state index in [-0.39, 0.29) is 12.3 Å². The van der Waals surface area contributed by atoms with Crippen LogP contribution in [-0.2, 0) is 11.2 Å². The minimum Gasteiger partial charge on any atom is -0.324 e. The maximum atomic E-state index is 10.8. The highest BCUT2D eigenvalue weighted by molar-refractivity contribution is 7.07. The Morgan fingerprint density at radius 3 is 3.00 bits per heavy atom. The van der Waals surface area contributed by atoms with Crippen LogP contribution in [0.5, 0.6) is 0 Å². The number of aryl methyl sites for hydroxylation is 1. The lowest BCUT2D eigenvalue weighted by atomic mass is 10.1. The maximum Gasteiger partial charge on any atom is 0.146 e. The number of rotatable bonds is 4. The van der Waals surface area contributed by atoms with Crippen LogP contribution in [0, 0.1) is 0 Å². The summed E-state index contributed by atoms with van der Waals surface area (Å²) in [7, 11) is 0. The number of hydrogen-bond acceptors (Lipinski definition) is 3. The minimum atomic E-state index is 0.135. The number of thiophene rings is 1. The Morgan fingerprint density at radius 2 is 2.45 bits per heavy atom. The van der Waals surface area contributed by atoms with Crippen molar-refractivity contribution in [3.8, 4) is 0 Å². The first kappa shape index (κ1) is 8.43. The zero-order chi connectivity index (χ0) is 8.10. The summed E-state index contributed by atoms with van der Waals surface area (Å²) in [5.41, 5.74) is 6.40. The Bertz CT molecular complexity index is 218. The van der Waals surface area contributed by atoms with E-state index in [1.165, 1.54) is 5.56 Å². The standard InChI is InChI=1S/C8H11NOS/c9-5-8(10)2-1-7-3-4-11-6-7/h3-4,6H,1-2,5,9H2. The zero-order valence-corrected chi connectivity index (χ0v) is 7.06. The number of carbonyl (C=O) groups excluding carboxylic acids is 1. The second kappa shape index (κ2) is 4.26. The molecule has 0 aliphatic heterocycles. The average molecular weight is 169 g/mol. The van der Waals surface area contributed by atoms with Gasteiger partial charge in [0.15, 0.2) is 0 Å². The SMILES string of the molecule is NCC(=O)CCc1ccsc1. The van der Waals surface area contributed by atoms with Gasteiger partial charge in [0.1, 0.15) is 5.78 Å². The van der Waals surface area contributed by atoms with E-state index in [1.807, 2.05) is 11.4 Å². The summed E-state index contributed by atoms with van der Waals surface area (Å²) in [6.45, 7) is 0.171. The third kappa shape index (κ3) is 2.82. The van der Waals surface area contributed by atoms with Crippen molar-refractivity contribution in [2.45, 2.75) is 12.8 Å². The van der Waals surface area contributed by atoms with Crippen molar-refractivity contribution in [2.24, 2.45) is 5.73 Å². The van der Waals surface area contributed by atoms with Crippen LogP contribution in [-0.4, -0.2) is 12.3 Å². The Hall–Kier alpha value is -0.670. The van der Waals surface area contributed by atoms with Crippen LogP contribution in [0.3, 0.4) is 0 Å². The molecular formula is C8H11NOS. The first-order chi connectivity index (χ1) is 5.33. The highest BCUT2D eigenvalue weighted by Crippen LogP contribution is 2.07. The van der Waals surface area contributed by atoms with Gasteiger partial charge in [0.05, 0.1) is 6.54 Å². The fraction of sp³-hybridized carbons (Fsp3) is 0.375. The van der Waals surface area contributed by atoms with E-state index in [2.05, 4.69) is 5.38 Å². The molecule has 0 aliphatic rings. The van der Waals surface area contributed by atoms with Crippen LogP contribution in [0.25, 0.3) is 0 Å². The van der Waals surface area contributed by atoms with E-state index < -0.39 is 0 Å². The molecule has 0 saturated carbocycles. The van der Waals surface area contributed by atoms with Gasteiger partial charge in [-0.05, 0) is 28.8 Å². The molecule has 1 heterocycles. The molecule has 0 radical (unpaired) electrons. The van der Waals surface area contributed by atoms with Gasteiger partial charge in [-0.15, -0.1) is 0 Å². The molecule has 0 unspecified atom stereocenters. The summed E-state index contributed by atoms with van der Waals surface area (Å²) in [5.74, 6) is 0.135. The first-order valence-corrected chi connectivity index (χ1v) is 4.50. The predicted molar refractivity (Wildman–Crippen MR) is 46.7 cm³/mol. The molecule has 2 nitrogen and oxygen atoms in total. The van der Waals surface area contributed by atoms with Crippen LogP contribution >= 0.6 is 11.3 Å². The molecule has 1 rings (SSSR count). The second-order valence-electron chi connectivity index (χ2n) is 2.37. The van der Waals surface area contributed by atoms with Gasteiger partial charge in [-0.25, -0.2) is 0 Å². The summed E-state index contributed by atoms with van der Waals surface area (Å²) in [4.78, 5) is 10.8. The average Bonchev–Trinajstić information content (AvgIpc) is 2.52. The third-order valence-corrected chi connectivity index (χ3v) is 2.23. The molecule has 0 aromatic carbocycles. The number of Topliss-reactive ketones (excluding diaryl/α,β-unsaturated/α-hetero) is 1. The predicted octanol–water partition coefficient (Wildman–Crippen LogP) is 1.21. The lowest BCUT2D eigenvalue weighted by molar-refractivity contribution is -0.117. The molecule has 1 aromatic rings. The Morgan fingerprint density at radius 1 is 1.64 bits per heavy atom. The van der Waals surface area contributed by atoms with Crippen molar-refractivity contribution in [1.82, 2.24) is 0 Å². The Labute approximate surface area is 70.0 Å². The van der Waals surface area contributed by atoms with Crippen molar-refractivity contribution >= 4 is 17.1 Å². The summed E-state index contributed by atoms with van der Waals surface area (Å²) >= 11 is 1.66. The van der Waals surface area contributed by atoms with Crippen LogP contribution in [0.2, 0.25) is 0 Å². The largest absolute Gasteiger partial charge is 0.324 e. The van der Waals surface area contributed by atoms with Crippen molar-refractivity contribution in [3.05, 3.63) is 22.4 Å². The van der Waals surface area contributed by atoms with Gasteiger partial charge in [-0.3, -0.25) is 4.79 Å². The fourth-order valence-corrected chi connectivity index (χ4v) is 1.52. The molecule has 0 fully saturated rings. The lowest BCUT2D eigenvalue weighted by Crippen LogP contribution is -2.13. The molecule has 0 bridgehead atoms. The highest BCUT2D eigenvalue weighted by atomic mass is 32.1. The van der Waals surface area contributed by atoms with Crippen molar-refractivity contribution < 1.29 is 4.79 Å². The van der Waals surface area contributed by atoms with E-state index in [4.69, 9.17) is 5.73 Å². The molecular weight excluding hydrogens is 158 g/mol. The molecule has 2 N–H and O–H groups in total. The number of hydrogen-bond donors (Lipinski definition) is 1. The van der Waals surface area contributed by atoms with Gasteiger partial charge in [0.25, 0.3) is 0 Å². The number of carbonyl (C=O) groups is 1. The number of ketones is 1. The van der Waals surface area contributed by atoms with E-state index in [9.17, 15) is 4.79 Å². The summed E-state index contributed by atoms with van der Waals surface area (Å²) in [5, 5.41) is 4.08. The summed E-state index contributed by atoms with van der Waals surface area (Å²) in [6.07, 6.45) is 1.41. The lowest BCUT2D eigenvalue weighted by Gasteiger charge is -1.94. The van der Waals surface area contributed by atoms with Crippen LogP contribution in [0.1, 0.15) is 12.0 Å². The number of nitrogens with two attached hydrogens (primary N) is 1. The quantitative estimate of drug-likeness (QED) is 0.736. The highest BCUT2D eigenvalue weighted by Gasteiger charge is 1.99. The van der Waals surface area contributed by atoms with Crippen LogP contribution in [0.4, 0.5) is 0 Å². The normalized spacial score (nSPS) is 9.91. The van der Waals surface area contributed by atoms with Gasteiger partial charge < -0.3 is 5.73 Å². The van der Waals surface area contributed by atoms with Gasteiger partial charge in [-0.2, -0.15) is 11.3 Å². The topological polar surface area (TPSA) is 43.1 Å². The Kier molecular flexibility index (Phi) is 3.26. The van der Waals surface area contributed by atoms with E-state index in [0.29, 0.717) is 6.42 Å². The first-order valence-electron chi connectivity index (χ1n) is 3.56. The summed E-state index contributed by atoms with van der Waals surface area (Å²) in [6, 6.07) is 2.04. The Balaban J connectivity index is 2.29. The molecule has 60 valence electrons. The van der Waals surface area contributed by atoms with Crippen molar-refractivity contribution in [2.75, 3.05) is 6.54 Å². The monoisotopic (exact) mass is 169 g/mol. The van der Waals surface area contributed by atoms with Gasteiger partial charge in [0.2, 0.25) is 0 Å². The molecule has 1 aromatic heterocycles. The molecule has 0 amide bonds. The van der Waals surface area contributed by atoms with Crippen LogP contribution < -0.4 is 5.73 Å². The van der Waals surface area contributed by atoms with Crippen LogP contribution in [0.15, 0.2) is 16.8 Å². The fourth-order valence-electron chi connectivity index (χ4n) is 0.821. The molecule has 3 heteroatoms. The van der Waals surface area contributed by atoms with Gasteiger partial charge >= 0.3 is 0 Å². The van der Waals surface area contributed by atoms with Crippen molar-refractivity contribution in [3.63, 3.8) is 0 Å². The van der Waals surface area contributed by atoms with E-state index >= 15 is 0 Å². The minimum absolute atomic E-state index is 0.135. The van der Waals surface area contributed by atoms with Gasteiger partial charge in [-0.1, -0.05) is 0 Å². The van der Waals surface area contributed by atoms with Gasteiger partial charge in [0, 0.05) is 6.42 Å². The maximum absolute atomic E-state index is 10.8. The second-order valence-corrected chi connectivity index (χ2v) is 3.15. The smallest absolute Gasteiger partial charge is 0.146 e. The van der Waals surface area contributed by atoms with E-state index in [0.717, 1.165) is 6.42 Å². The molecule has 11 heavy (non-hydrogen) atoms. The summed E-state index contributed by atoms with van der Waals surface area (Å²) < 4.78 is 0. The zero-order valence-electron chi connectivity index (χ0n) is 6.25. The van der Waals surface area contributed by atoms with E-state index in [1.54, 1.807) is 11.3 Å². The molecule has 0 saturated heterocycles. The molecule has 0 spiro atoms. The molecule has 0 aliphatic carbocycles.